The van der Waals surface area contributed by atoms with E-state index >= 15 is 0 Å². The van der Waals surface area contributed by atoms with Gasteiger partial charge in [0.1, 0.15) is 11.6 Å². The van der Waals surface area contributed by atoms with Gasteiger partial charge in [-0.15, -0.1) is 0 Å². The number of hydrogen-bond acceptors (Lipinski definition) is 4. The Morgan fingerprint density at radius 3 is 2.71 bits per heavy atom. The van der Waals surface area contributed by atoms with E-state index in [1.54, 1.807) is 16.7 Å². The van der Waals surface area contributed by atoms with Crippen molar-refractivity contribution in [3.63, 3.8) is 0 Å². The molecule has 5 nitrogen and oxygen atoms in total. The fraction of sp³-hybridized carbons (Fsp3) is 0.143. The zero-order chi connectivity index (χ0) is 15.0. The standard InChI is InChI=1S/C14H12FN3O2S/c1-19-11-7-8(15)3-5-10(11)18-13-9(16-14(18)21)4-6-12(17-13)20-2/h3-7H,1-2H3,(H,16,21). The molecule has 0 unspecified atom stereocenters. The molecule has 0 atom stereocenters. The summed E-state index contributed by atoms with van der Waals surface area (Å²) in [5, 5.41) is 0. The van der Waals surface area contributed by atoms with Gasteiger partial charge in [0, 0.05) is 12.1 Å². The van der Waals surface area contributed by atoms with Crippen LogP contribution in [0.3, 0.4) is 0 Å². The van der Waals surface area contributed by atoms with Crippen molar-refractivity contribution in [3.8, 4) is 17.3 Å². The van der Waals surface area contributed by atoms with E-state index in [2.05, 4.69) is 9.97 Å². The lowest BCUT2D eigenvalue weighted by molar-refractivity contribution is 0.399. The molecule has 3 rings (SSSR count). The quantitative estimate of drug-likeness (QED) is 0.755. The zero-order valence-corrected chi connectivity index (χ0v) is 12.2. The summed E-state index contributed by atoms with van der Waals surface area (Å²) in [6, 6.07) is 7.80. The minimum Gasteiger partial charge on any atom is -0.494 e. The Labute approximate surface area is 125 Å². The monoisotopic (exact) mass is 305 g/mol. The third kappa shape index (κ3) is 2.25. The third-order valence-electron chi connectivity index (χ3n) is 3.10. The highest BCUT2D eigenvalue weighted by atomic mass is 32.1. The largest absolute Gasteiger partial charge is 0.494 e. The van der Waals surface area contributed by atoms with Crippen molar-refractivity contribution in [3.05, 3.63) is 40.9 Å². The molecule has 0 radical (unpaired) electrons. The van der Waals surface area contributed by atoms with Gasteiger partial charge in [-0.3, -0.25) is 4.57 Å². The van der Waals surface area contributed by atoms with Crippen LogP contribution in [0.2, 0.25) is 0 Å². The predicted molar refractivity (Wildman–Crippen MR) is 79.3 cm³/mol. The summed E-state index contributed by atoms with van der Waals surface area (Å²) in [7, 11) is 3.02. The second-order valence-corrected chi connectivity index (χ2v) is 4.69. The molecular weight excluding hydrogens is 293 g/mol. The minimum atomic E-state index is -0.382. The van der Waals surface area contributed by atoms with Crippen LogP contribution in [0.5, 0.6) is 11.6 Å². The molecule has 7 heteroatoms. The predicted octanol–water partition coefficient (Wildman–Crippen LogP) is 3.24. The maximum Gasteiger partial charge on any atom is 0.215 e. The van der Waals surface area contributed by atoms with Gasteiger partial charge in [-0.1, -0.05) is 0 Å². The van der Waals surface area contributed by atoms with E-state index < -0.39 is 0 Å². The number of aromatic amines is 1. The molecule has 2 heterocycles. The Balaban J connectivity index is 2.34. The first kappa shape index (κ1) is 13.6. The van der Waals surface area contributed by atoms with Crippen LogP contribution in [-0.4, -0.2) is 28.8 Å². The molecule has 21 heavy (non-hydrogen) atoms. The van der Waals surface area contributed by atoms with Crippen LogP contribution >= 0.6 is 12.2 Å². The molecular formula is C14H12FN3O2S. The molecule has 0 saturated carbocycles. The molecule has 0 amide bonds. The lowest BCUT2D eigenvalue weighted by Gasteiger charge is -2.10. The number of fused-ring (bicyclic) bond motifs is 1. The average molecular weight is 305 g/mol. The number of nitrogens with zero attached hydrogens (tertiary/aromatic N) is 2. The number of ether oxygens (including phenoxy) is 2. The van der Waals surface area contributed by atoms with E-state index in [-0.39, 0.29) is 5.82 Å². The highest BCUT2D eigenvalue weighted by Gasteiger charge is 2.13. The molecule has 0 aliphatic rings. The maximum absolute atomic E-state index is 13.4. The first-order valence-electron chi connectivity index (χ1n) is 6.13. The number of nitrogens with one attached hydrogen (secondary N) is 1. The van der Waals surface area contributed by atoms with Gasteiger partial charge in [-0.25, -0.2) is 4.39 Å². The van der Waals surface area contributed by atoms with Crippen molar-refractivity contribution in [2.75, 3.05) is 14.2 Å². The van der Waals surface area contributed by atoms with Crippen molar-refractivity contribution < 1.29 is 13.9 Å². The number of pyridine rings is 1. The molecule has 0 saturated heterocycles. The number of H-pyrrole nitrogens is 1. The molecule has 0 fully saturated rings. The number of benzene rings is 1. The molecule has 0 spiro atoms. The molecule has 0 bridgehead atoms. The minimum absolute atomic E-state index is 0.372. The van der Waals surface area contributed by atoms with Gasteiger partial charge in [0.05, 0.1) is 25.4 Å². The summed E-state index contributed by atoms with van der Waals surface area (Å²) < 4.78 is 25.8. The summed E-state index contributed by atoms with van der Waals surface area (Å²) in [4.78, 5) is 7.44. The van der Waals surface area contributed by atoms with Gasteiger partial charge >= 0.3 is 0 Å². The Kier molecular flexibility index (Phi) is 3.34. The second kappa shape index (κ2) is 5.17. The maximum atomic E-state index is 13.4. The van der Waals surface area contributed by atoms with Gasteiger partial charge in [0.25, 0.3) is 0 Å². The molecule has 2 aromatic heterocycles. The molecule has 108 valence electrons. The van der Waals surface area contributed by atoms with Crippen molar-refractivity contribution in [1.29, 1.82) is 0 Å². The molecule has 0 aliphatic carbocycles. The van der Waals surface area contributed by atoms with Crippen molar-refractivity contribution in [2.45, 2.75) is 0 Å². The number of aromatic nitrogens is 3. The van der Waals surface area contributed by atoms with Crippen LogP contribution in [0.15, 0.2) is 30.3 Å². The van der Waals surface area contributed by atoms with E-state index in [1.165, 1.54) is 26.4 Å². The number of methoxy groups -OCH3 is 2. The lowest BCUT2D eigenvalue weighted by Crippen LogP contribution is -2.00. The molecule has 0 aliphatic heterocycles. The Bertz CT molecular complexity index is 872. The summed E-state index contributed by atoms with van der Waals surface area (Å²) in [5.41, 5.74) is 1.95. The van der Waals surface area contributed by atoms with Crippen molar-refractivity contribution in [2.24, 2.45) is 0 Å². The summed E-state index contributed by atoms with van der Waals surface area (Å²) in [6.07, 6.45) is 0. The van der Waals surface area contributed by atoms with Crippen LogP contribution in [-0.2, 0) is 0 Å². The number of halogens is 1. The first-order chi connectivity index (χ1) is 10.1. The second-order valence-electron chi connectivity index (χ2n) is 4.31. The summed E-state index contributed by atoms with van der Waals surface area (Å²) in [5.74, 6) is 0.454. The van der Waals surface area contributed by atoms with Crippen LogP contribution in [0.25, 0.3) is 16.9 Å². The van der Waals surface area contributed by atoms with Gasteiger partial charge in [-0.2, -0.15) is 4.98 Å². The highest BCUT2D eigenvalue weighted by molar-refractivity contribution is 7.71. The van der Waals surface area contributed by atoms with E-state index in [1.807, 2.05) is 6.07 Å². The summed E-state index contributed by atoms with van der Waals surface area (Å²) in [6.45, 7) is 0. The topological polar surface area (TPSA) is 52.1 Å². The van der Waals surface area contributed by atoms with E-state index in [0.717, 1.165) is 5.52 Å². The third-order valence-corrected chi connectivity index (χ3v) is 3.38. The number of hydrogen-bond donors (Lipinski definition) is 1. The molecule has 1 aromatic carbocycles. The van der Waals surface area contributed by atoms with E-state index in [0.29, 0.717) is 27.7 Å². The lowest BCUT2D eigenvalue weighted by atomic mass is 10.2. The summed E-state index contributed by atoms with van der Waals surface area (Å²) >= 11 is 5.33. The van der Waals surface area contributed by atoms with Gasteiger partial charge in [0.15, 0.2) is 10.4 Å². The van der Waals surface area contributed by atoms with Crippen LogP contribution in [0.1, 0.15) is 0 Å². The SMILES string of the molecule is COc1ccc2[nH]c(=S)n(-c3ccc(F)cc3OC)c2n1. The number of rotatable bonds is 3. The van der Waals surface area contributed by atoms with Gasteiger partial charge < -0.3 is 14.5 Å². The fourth-order valence-electron chi connectivity index (χ4n) is 2.14. The van der Waals surface area contributed by atoms with Crippen molar-refractivity contribution in [1.82, 2.24) is 14.5 Å². The van der Waals surface area contributed by atoms with E-state index in [4.69, 9.17) is 21.7 Å². The Morgan fingerprint density at radius 2 is 2.00 bits per heavy atom. The van der Waals surface area contributed by atoms with E-state index in [9.17, 15) is 4.39 Å². The smallest absolute Gasteiger partial charge is 0.215 e. The fourth-order valence-corrected chi connectivity index (χ4v) is 2.43. The van der Waals surface area contributed by atoms with Gasteiger partial charge in [-0.05, 0) is 30.4 Å². The Morgan fingerprint density at radius 1 is 1.19 bits per heavy atom. The number of imidazole rings is 1. The van der Waals surface area contributed by atoms with Crippen LogP contribution in [0.4, 0.5) is 4.39 Å². The van der Waals surface area contributed by atoms with Crippen LogP contribution in [0, 0.1) is 10.6 Å². The van der Waals surface area contributed by atoms with Crippen LogP contribution < -0.4 is 9.47 Å². The van der Waals surface area contributed by atoms with Crippen molar-refractivity contribution >= 4 is 23.4 Å². The first-order valence-corrected chi connectivity index (χ1v) is 6.54. The van der Waals surface area contributed by atoms with Gasteiger partial charge in [0.2, 0.25) is 5.88 Å². The average Bonchev–Trinajstić information content (AvgIpc) is 2.82. The zero-order valence-electron chi connectivity index (χ0n) is 11.4. The normalized spacial score (nSPS) is 10.8. The molecule has 3 aromatic rings. The Hall–Kier alpha value is -2.41. The molecule has 1 N–H and O–H groups in total. The highest BCUT2D eigenvalue weighted by Crippen LogP contribution is 2.28.